The number of nitrogens with zero attached hydrogens (tertiary/aromatic N) is 1. The van der Waals surface area contributed by atoms with Crippen molar-refractivity contribution in [3.8, 4) is 0 Å². The van der Waals surface area contributed by atoms with Crippen LogP contribution in [-0.4, -0.2) is 37.2 Å². The summed E-state index contributed by atoms with van der Waals surface area (Å²) in [6.07, 6.45) is -0.251. The number of alkyl halides is 3. The van der Waals surface area contributed by atoms with Crippen LogP contribution in [0.4, 0.5) is 13.2 Å². The van der Waals surface area contributed by atoms with Crippen LogP contribution >= 0.6 is 0 Å². The van der Waals surface area contributed by atoms with E-state index < -0.39 is 12.1 Å². The molecule has 0 fully saturated rings. The van der Waals surface area contributed by atoms with Crippen LogP contribution in [0.3, 0.4) is 0 Å². The first-order valence-corrected chi connectivity index (χ1v) is 9.65. The molecule has 2 aromatic heterocycles. The Morgan fingerprint density at radius 3 is 2.06 bits per heavy atom. The van der Waals surface area contributed by atoms with Crippen LogP contribution in [0, 0.1) is 6.92 Å². The Balaban J connectivity index is 0.000000479. The minimum Gasteiger partial charge on any atom is -0.475 e. The Bertz CT molecular complexity index is 1380. The quantitative estimate of drug-likeness (QED) is 0.458. The first-order chi connectivity index (χ1) is 15.2. The molecule has 3 aromatic rings. The first-order valence-electron chi connectivity index (χ1n) is 9.65. The summed E-state index contributed by atoms with van der Waals surface area (Å²) < 4.78 is 31.7. The molecular formula is C22H23F3N4O4. The zero-order valence-electron chi connectivity index (χ0n) is 18.3. The summed E-state index contributed by atoms with van der Waals surface area (Å²) in [6.45, 7) is 8.11. The zero-order valence-corrected chi connectivity index (χ0v) is 18.3. The van der Waals surface area contributed by atoms with Crippen molar-refractivity contribution < 1.29 is 23.1 Å². The van der Waals surface area contributed by atoms with Crippen LogP contribution < -0.4 is 21.8 Å². The lowest BCUT2D eigenvalue weighted by Gasteiger charge is -2.16. The van der Waals surface area contributed by atoms with Gasteiger partial charge in [-0.05, 0) is 24.6 Å². The fourth-order valence-corrected chi connectivity index (χ4v) is 2.77. The predicted octanol–water partition coefficient (Wildman–Crippen LogP) is 1.68. The topological polar surface area (TPSA) is 132 Å². The number of nitrogens with one attached hydrogen (secondary N) is 3. The molecule has 0 aliphatic heterocycles. The first kappa shape index (κ1) is 25.4. The van der Waals surface area contributed by atoms with Gasteiger partial charge in [-0.2, -0.15) is 13.2 Å². The van der Waals surface area contributed by atoms with E-state index in [0.29, 0.717) is 5.69 Å². The van der Waals surface area contributed by atoms with Gasteiger partial charge in [0.1, 0.15) is 10.7 Å². The minimum atomic E-state index is -5.08. The fourth-order valence-electron chi connectivity index (χ4n) is 2.77. The molecule has 11 heteroatoms. The third-order valence-electron chi connectivity index (χ3n) is 4.28. The summed E-state index contributed by atoms with van der Waals surface area (Å²) in [5.74, 6) is -2.76. The molecule has 0 unspecified atom stereocenters. The summed E-state index contributed by atoms with van der Waals surface area (Å²) >= 11 is 0. The van der Waals surface area contributed by atoms with Gasteiger partial charge in [-0.15, -0.1) is 0 Å². The van der Waals surface area contributed by atoms with Crippen LogP contribution in [0.5, 0.6) is 0 Å². The van der Waals surface area contributed by atoms with Crippen molar-refractivity contribution in [1.29, 1.82) is 0 Å². The molecule has 0 saturated carbocycles. The summed E-state index contributed by atoms with van der Waals surface area (Å²) in [4.78, 5) is 46.4. The molecule has 0 radical (unpaired) electrons. The molecule has 0 amide bonds. The van der Waals surface area contributed by atoms with Gasteiger partial charge in [0, 0.05) is 11.1 Å². The molecule has 33 heavy (non-hydrogen) atoms. The third kappa shape index (κ3) is 7.06. The Kier molecular flexibility index (Phi) is 7.47. The number of aliphatic carboxylic acids is 1. The number of halogens is 3. The average molecular weight is 464 g/mol. The Morgan fingerprint density at radius 1 is 1.03 bits per heavy atom. The van der Waals surface area contributed by atoms with E-state index in [4.69, 9.17) is 9.90 Å². The standard InChI is InChI=1S/C20H22N4O2.C2HF3O2/c1-12-6-5-7-13(8-12)9-15-18(25)24-16(19(26)23-15)10-14-17(20(2,3)4)22-11-21-14;3-2(4,5)1(6)7/h5-11H,1-4H3,(H,21,22)(H,23,26)(H,24,25);(H,6,7)/b15-9-,16-10-;. The number of carboxylic acids is 1. The second-order valence-electron chi connectivity index (χ2n) is 8.15. The van der Waals surface area contributed by atoms with Crippen LogP contribution in [0.2, 0.25) is 0 Å². The highest BCUT2D eigenvalue weighted by molar-refractivity contribution is 5.73. The zero-order chi connectivity index (χ0) is 25.0. The maximum Gasteiger partial charge on any atom is 0.490 e. The van der Waals surface area contributed by atoms with Crippen molar-refractivity contribution in [2.45, 2.75) is 39.3 Å². The summed E-state index contributed by atoms with van der Waals surface area (Å²) in [6, 6.07) is 7.70. The number of carboxylic acid groups (broad SMARTS) is 1. The van der Waals surface area contributed by atoms with E-state index in [1.54, 1.807) is 18.5 Å². The predicted molar refractivity (Wildman–Crippen MR) is 116 cm³/mol. The van der Waals surface area contributed by atoms with E-state index in [-0.39, 0.29) is 27.2 Å². The molecule has 0 spiro atoms. The van der Waals surface area contributed by atoms with Crippen molar-refractivity contribution >= 4 is 18.1 Å². The number of aryl methyl sites for hydroxylation is 1. The van der Waals surface area contributed by atoms with Gasteiger partial charge >= 0.3 is 12.1 Å². The second kappa shape index (κ2) is 9.72. The molecule has 0 atom stereocenters. The molecule has 176 valence electrons. The second-order valence-corrected chi connectivity index (χ2v) is 8.15. The third-order valence-corrected chi connectivity index (χ3v) is 4.28. The maximum absolute atomic E-state index is 12.4. The smallest absolute Gasteiger partial charge is 0.475 e. The monoisotopic (exact) mass is 464 g/mol. The molecule has 0 aliphatic rings. The van der Waals surface area contributed by atoms with Crippen molar-refractivity contribution in [2.24, 2.45) is 0 Å². The lowest BCUT2D eigenvalue weighted by molar-refractivity contribution is -0.192. The van der Waals surface area contributed by atoms with Crippen LogP contribution in [0.1, 0.15) is 43.3 Å². The van der Waals surface area contributed by atoms with Gasteiger partial charge in [-0.1, -0.05) is 50.6 Å². The van der Waals surface area contributed by atoms with E-state index in [2.05, 4.69) is 19.9 Å². The largest absolute Gasteiger partial charge is 0.490 e. The molecular weight excluding hydrogens is 441 g/mol. The maximum atomic E-state index is 12.4. The van der Waals surface area contributed by atoms with Crippen molar-refractivity contribution in [3.63, 3.8) is 0 Å². The molecule has 0 saturated heterocycles. The molecule has 0 aliphatic carbocycles. The van der Waals surface area contributed by atoms with Gasteiger partial charge in [0.2, 0.25) is 0 Å². The van der Waals surface area contributed by atoms with Crippen LogP contribution in [-0.2, 0) is 10.2 Å². The number of aromatic amines is 3. The van der Waals surface area contributed by atoms with Gasteiger partial charge in [-0.25, -0.2) is 9.78 Å². The Hall–Kier alpha value is -3.89. The lowest BCUT2D eigenvalue weighted by atomic mass is 9.90. The van der Waals surface area contributed by atoms with Crippen LogP contribution in [0.25, 0.3) is 12.2 Å². The number of hydrogen-bond donors (Lipinski definition) is 4. The van der Waals surface area contributed by atoms with E-state index in [1.165, 1.54) is 0 Å². The number of carbonyl (C=O) groups is 1. The van der Waals surface area contributed by atoms with E-state index in [9.17, 15) is 22.8 Å². The molecule has 3 rings (SSSR count). The number of imidazole rings is 1. The van der Waals surface area contributed by atoms with Gasteiger partial charge in [0.15, 0.2) is 0 Å². The molecule has 1 aromatic carbocycles. The molecule has 0 bridgehead atoms. The fraction of sp³-hybridized carbons (Fsp3) is 0.273. The van der Waals surface area contributed by atoms with E-state index >= 15 is 0 Å². The SMILES string of the molecule is Cc1cccc(/C=c2\[nH]c(=O)/c(=C/c3nc[nH]c3C(C)(C)C)[nH]c2=O)c1.O=C(O)C(F)(F)F. The molecule has 2 heterocycles. The summed E-state index contributed by atoms with van der Waals surface area (Å²) in [5.41, 5.74) is 2.58. The van der Waals surface area contributed by atoms with Crippen molar-refractivity contribution in [2.75, 3.05) is 0 Å². The highest BCUT2D eigenvalue weighted by atomic mass is 19.4. The summed E-state index contributed by atoms with van der Waals surface area (Å²) in [7, 11) is 0. The minimum absolute atomic E-state index is 0.158. The number of rotatable bonds is 2. The highest BCUT2D eigenvalue weighted by Crippen LogP contribution is 2.22. The Labute approximate surface area is 185 Å². The van der Waals surface area contributed by atoms with Gasteiger partial charge in [-0.3, -0.25) is 9.59 Å². The average Bonchev–Trinajstić information content (AvgIpc) is 3.14. The normalized spacial score (nSPS) is 12.9. The van der Waals surface area contributed by atoms with Gasteiger partial charge < -0.3 is 20.1 Å². The lowest BCUT2D eigenvalue weighted by Crippen LogP contribution is -2.46. The van der Waals surface area contributed by atoms with Crippen molar-refractivity contribution in [3.05, 3.63) is 84.5 Å². The van der Waals surface area contributed by atoms with Gasteiger partial charge in [0.25, 0.3) is 11.1 Å². The van der Waals surface area contributed by atoms with E-state index in [1.807, 2.05) is 52.0 Å². The Morgan fingerprint density at radius 2 is 1.58 bits per heavy atom. The van der Waals surface area contributed by atoms with E-state index in [0.717, 1.165) is 16.8 Å². The number of benzene rings is 1. The number of hydrogen-bond acceptors (Lipinski definition) is 4. The summed E-state index contributed by atoms with van der Waals surface area (Å²) in [5, 5.41) is 7.52. The highest BCUT2D eigenvalue weighted by Gasteiger charge is 2.38. The molecule has 8 nitrogen and oxygen atoms in total. The number of H-pyrrole nitrogens is 3. The van der Waals surface area contributed by atoms with Gasteiger partial charge in [0.05, 0.1) is 12.0 Å². The molecule has 4 N–H and O–H groups in total. The number of aromatic nitrogens is 4. The van der Waals surface area contributed by atoms with Crippen molar-refractivity contribution in [1.82, 2.24) is 19.9 Å². The van der Waals surface area contributed by atoms with Crippen LogP contribution in [0.15, 0.2) is 40.2 Å².